The lowest BCUT2D eigenvalue weighted by atomic mass is 10.0. The Morgan fingerprint density at radius 2 is 1.93 bits per heavy atom. The Balaban J connectivity index is 0.00000392. The first-order chi connectivity index (χ1) is 12.9. The van der Waals surface area contributed by atoms with E-state index in [2.05, 4.69) is 32.8 Å². The van der Waals surface area contributed by atoms with Crippen molar-refractivity contribution < 1.29 is 13.2 Å². The SMILES string of the molecule is CCC1CCCCN1CCNC(=NC)NCCC(=O)NC1CCS(=O)(=O)C1.I. The molecule has 0 spiro atoms. The standard InChI is InChI=1S/C18H35N5O3S.HI/c1-3-16-6-4-5-11-23(16)12-10-21-18(19-2)20-9-7-17(24)22-15-8-13-27(25,26)14-15;/h15-16H,3-14H2,1-2H3,(H,22,24)(H2,19,20,21);1H. The zero-order valence-electron chi connectivity index (χ0n) is 17.1. The fourth-order valence-electron chi connectivity index (χ4n) is 3.86. The van der Waals surface area contributed by atoms with E-state index in [1.165, 1.54) is 32.2 Å². The Morgan fingerprint density at radius 1 is 1.18 bits per heavy atom. The minimum atomic E-state index is -2.97. The predicted octanol–water partition coefficient (Wildman–Crippen LogP) is 0.727. The molecule has 0 aliphatic carbocycles. The Bertz CT molecular complexity index is 614. The molecule has 0 saturated carbocycles. The Hall–Kier alpha value is -0.620. The van der Waals surface area contributed by atoms with E-state index in [0.717, 1.165) is 13.1 Å². The molecule has 0 aromatic heterocycles. The zero-order valence-corrected chi connectivity index (χ0v) is 20.2. The van der Waals surface area contributed by atoms with Crippen molar-refractivity contribution in [3.05, 3.63) is 0 Å². The summed E-state index contributed by atoms with van der Waals surface area (Å²) in [5, 5.41) is 9.25. The third-order valence-electron chi connectivity index (χ3n) is 5.38. The minimum absolute atomic E-state index is 0. The van der Waals surface area contributed by atoms with E-state index in [4.69, 9.17) is 0 Å². The molecule has 10 heteroatoms. The van der Waals surface area contributed by atoms with Crippen molar-refractivity contribution >= 4 is 45.7 Å². The molecular formula is C18H36IN5O3S. The van der Waals surface area contributed by atoms with Crippen LogP contribution >= 0.6 is 24.0 Å². The van der Waals surface area contributed by atoms with E-state index in [-0.39, 0.29) is 47.4 Å². The minimum Gasteiger partial charge on any atom is -0.356 e. The van der Waals surface area contributed by atoms with Crippen molar-refractivity contribution in [2.45, 2.75) is 57.5 Å². The van der Waals surface area contributed by atoms with Gasteiger partial charge in [0.1, 0.15) is 0 Å². The van der Waals surface area contributed by atoms with Crippen LogP contribution in [0.1, 0.15) is 45.4 Å². The second-order valence-corrected chi connectivity index (χ2v) is 9.67. The number of amides is 1. The number of likely N-dealkylation sites (tertiary alicyclic amines) is 1. The molecule has 28 heavy (non-hydrogen) atoms. The van der Waals surface area contributed by atoms with Gasteiger partial charge in [0.05, 0.1) is 11.5 Å². The first-order valence-corrected chi connectivity index (χ1v) is 11.9. The van der Waals surface area contributed by atoms with Crippen LogP contribution in [-0.2, 0) is 14.6 Å². The van der Waals surface area contributed by atoms with E-state index in [1.807, 2.05) is 0 Å². The van der Waals surface area contributed by atoms with E-state index in [1.54, 1.807) is 7.05 Å². The molecule has 2 aliphatic rings. The number of halogens is 1. The number of carbonyl (C=O) groups excluding carboxylic acids is 1. The van der Waals surface area contributed by atoms with Gasteiger partial charge in [0, 0.05) is 45.2 Å². The fraction of sp³-hybridized carbons (Fsp3) is 0.889. The summed E-state index contributed by atoms with van der Waals surface area (Å²) in [6, 6.07) is 0.453. The highest BCUT2D eigenvalue weighted by Crippen LogP contribution is 2.18. The van der Waals surface area contributed by atoms with Crippen LogP contribution in [0.4, 0.5) is 0 Å². The number of hydrogen-bond donors (Lipinski definition) is 3. The lowest BCUT2D eigenvalue weighted by molar-refractivity contribution is -0.121. The Kier molecular flexibility index (Phi) is 11.7. The highest BCUT2D eigenvalue weighted by atomic mass is 127. The number of nitrogens with zero attached hydrogens (tertiary/aromatic N) is 2. The molecule has 0 aromatic rings. The van der Waals surface area contributed by atoms with Gasteiger partial charge in [-0.25, -0.2) is 8.42 Å². The summed E-state index contributed by atoms with van der Waals surface area (Å²) >= 11 is 0. The molecule has 2 saturated heterocycles. The topological polar surface area (TPSA) is 103 Å². The molecule has 3 N–H and O–H groups in total. The van der Waals surface area contributed by atoms with Crippen molar-refractivity contribution in [3.63, 3.8) is 0 Å². The molecule has 0 aromatic carbocycles. The molecule has 8 nitrogen and oxygen atoms in total. The summed E-state index contributed by atoms with van der Waals surface area (Å²) in [5.41, 5.74) is 0. The summed E-state index contributed by atoms with van der Waals surface area (Å²) in [6.07, 6.45) is 5.91. The number of aliphatic imine (C=N–C) groups is 1. The largest absolute Gasteiger partial charge is 0.356 e. The smallest absolute Gasteiger partial charge is 0.222 e. The molecule has 2 unspecified atom stereocenters. The maximum absolute atomic E-state index is 12.0. The second kappa shape index (κ2) is 12.8. The average molecular weight is 529 g/mol. The molecule has 2 fully saturated rings. The van der Waals surface area contributed by atoms with E-state index < -0.39 is 9.84 Å². The van der Waals surface area contributed by atoms with Gasteiger partial charge in [-0.15, -0.1) is 24.0 Å². The van der Waals surface area contributed by atoms with Gasteiger partial charge >= 0.3 is 0 Å². The van der Waals surface area contributed by atoms with Gasteiger partial charge in [-0.1, -0.05) is 13.3 Å². The first-order valence-electron chi connectivity index (χ1n) is 10.1. The monoisotopic (exact) mass is 529 g/mol. The number of sulfone groups is 1. The van der Waals surface area contributed by atoms with Crippen LogP contribution in [0.5, 0.6) is 0 Å². The van der Waals surface area contributed by atoms with Crippen molar-refractivity contribution in [2.75, 3.05) is 44.7 Å². The van der Waals surface area contributed by atoms with Gasteiger partial charge in [0.25, 0.3) is 0 Å². The Morgan fingerprint density at radius 3 is 2.57 bits per heavy atom. The summed E-state index contributed by atoms with van der Waals surface area (Å²) in [4.78, 5) is 18.7. The molecule has 2 aliphatic heterocycles. The van der Waals surface area contributed by atoms with Crippen LogP contribution < -0.4 is 16.0 Å². The number of carbonyl (C=O) groups is 1. The molecule has 2 rings (SSSR count). The fourth-order valence-corrected chi connectivity index (χ4v) is 5.53. The lowest BCUT2D eigenvalue weighted by Gasteiger charge is -2.35. The van der Waals surface area contributed by atoms with Crippen LogP contribution in [0.25, 0.3) is 0 Å². The molecule has 164 valence electrons. The highest BCUT2D eigenvalue weighted by molar-refractivity contribution is 14.0. The molecule has 1 amide bonds. The molecule has 0 bridgehead atoms. The molecular weight excluding hydrogens is 493 g/mol. The zero-order chi connectivity index (χ0) is 19.7. The van der Waals surface area contributed by atoms with Crippen LogP contribution in [0, 0.1) is 0 Å². The maximum Gasteiger partial charge on any atom is 0.222 e. The van der Waals surface area contributed by atoms with Gasteiger partial charge in [-0.3, -0.25) is 14.7 Å². The third kappa shape index (κ3) is 8.81. The van der Waals surface area contributed by atoms with Gasteiger partial charge in [0.2, 0.25) is 5.91 Å². The summed E-state index contributed by atoms with van der Waals surface area (Å²) in [6.45, 7) is 5.71. The number of guanidine groups is 1. The van der Waals surface area contributed by atoms with E-state index >= 15 is 0 Å². The van der Waals surface area contributed by atoms with Gasteiger partial charge in [-0.2, -0.15) is 0 Å². The van der Waals surface area contributed by atoms with Crippen molar-refractivity contribution in [2.24, 2.45) is 4.99 Å². The summed E-state index contributed by atoms with van der Waals surface area (Å²) < 4.78 is 22.9. The van der Waals surface area contributed by atoms with Crippen molar-refractivity contribution in [1.29, 1.82) is 0 Å². The van der Waals surface area contributed by atoms with E-state index in [9.17, 15) is 13.2 Å². The number of piperidine rings is 1. The number of hydrogen-bond acceptors (Lipinski definition) is 5. The lowest BCUT2D eigenvalue weighted by Crippen LogP contribution is -2.46. The normalized spacial score (nSPS) is 25.0. The van der Waals surface area contributed by atoms with E-state index in [0.29, 0.717) is 31.4 Å². The Labute approximate surface area is 186 Å². The number of nitrogens with one attached hydrogen (secondary N) is 3. The van der Waals surface area contributed by atoms with Crippen LogP contribution in [0.3, 0.4) is 0 Å². The quantitative estimate of drug-likeness (QED) is 0.244. The second-order valence-electron chi connectivity index (χ2n) is 7.44. The van der Waals surface area contributed by atoms with Gasteiger partial charge in [-0.05, 0) is 32.2 Å². The maximum atomic E-state index is 12.0. The average Bonchev–Trinajstić information content (AvgIpc) is 2.99. The van der Waals surface area contributed by atoms with Gasteiger partial charge in [0.15, 0.2) is 15.8 Å². The molecule has 2 heterocycles. The van der Waals surface area contributed by atoms with Crippen LogP contribution in [0.2, 0.25) is 0 Å². The molecule has 2 atom stereocenters. The van der Waals surface area contributed by atoms with Crippen molar-refractivity contribution in [3.8, 4) is 0 Å². The third-order valence-corrected chi connectivity index (χ3v) is 7.15. The first kappa shape index (κ1) is 25.4. The highest BCUT2D eigenvalue weighted by Gasteiger charge is 2.28. The van der Waals surface area contributed by atoms with Crippen LogP contribution in [0.15, 0.2) is 4.99 Å². The summed E-state index contributed by atoms with van der Waals surface area (Å²) in [5.74, 6) is 0.795. The molecule has 0 radical (unpaired) electrons. The van der Waals surface area contributed by atoms with Crippen LogP contribution in [-0.4, -0.2) is 82.0 Å². The van der Waals surface area contributed by atoms with Crippen molar-refractivity contribution in [1.82, 2.24) is 20.9 Å². The predicted molar refractivity (Wildman–Crippen MR) is 124 cm³/mol. The van der Waals surface area contributed by atoms with Gasteiger partial charge < -0.3 is 16.0 Å². The number of rotatable bonds is 8. The summed E-state index contributed by atoms with van der Waals surface area (Å²) in [7, 11) is -1.25.